The number of rotatable bonds is 6. The Morgan fingerprint density at radius 2 is 1.85 bits per heavy atom. The van der Waals surface area contributed by atoms with Gasteiger partial charge in [0.2, 0.25) is 11.8 Å². The highest BCUT2D eigenvalue weighted by atomic mass is 35.5. The van der Waals surface area contributed by atoms with Gasteiger partial charge >= 0.3 is 0 Å². The molecule has 2 amide bonds. The molecule has 1 spiro atoms. The number of anilines is 1. The van der Waals surface area contributed by atoms with Crippen molar-refractivity contribution in [3.05, 3.63) is 70.8 Å². The second-order valence-electron chi connectivity index (χ2n) is 9.89. The number of halogens is 1. The summed E-state index contributed by atoms with van der Waals surface area (Å²) in [6.07, 6.45) is 8.09. The van der Waals surface area contributed by atoms with Crippen molar-refractivity contribution in [1.82, 2.24) is 9.80 Å². The van der Waals surface area contributed by atoms with E-state index in [1.807, 2.05) is 24.3 Å². The van der Waals surface area contributed by atoms with E-state index in [-0.39, 0.29) is 29.6 Å². The molecule has 1 aliphatic carbocycles. The third-order valence-electron chi connectivity index (χ3n) is 7.78. The standard InChI is InChI=1S/C28H32ClN3O2/c1-30-20-22(19-26(30)33)27(34)32(25-10-5-4-9-24(25)29)16-6-15-31-17-13-28(14-18-31)12-11-21-7-2-3-8-23(21)28/h2-5,7-12,22H,6,13-20H2,1H3. The second-order valence-corrected chi connectivity index (χ2v) is 10.3. The molecule has 5 nitrogen and oxygen atoms in total. The minimum absolute atomic E-state index is 0.00361. The van der Waals surface area contributed by atoms with Gasteiger partial charge in [0.15, 0.2) is 0 Å². The van der Waals surface area contributed by atoms with Gasteiger partial charge in [-0.3, -0.25) is 9.59 Å². The summed E-state index contributed by atoms with van der Waals surface area (Å²) in [6.45, 7) is 4.13. The van der Waals surface area contributed by atoms with Crippen molar-refractivity contribution in [3.8, 4) is 0 Å². The van der Waals surface area contributed by atoms with E-state index in [4.69, 9.17) is 11.6 Å². The molecule has 2 fully saturated rings. The van der Waals surface area contributed by atoms with Gasteiger partial charge < -0.3 is 14.7 Å². The number of para-hydroxylation sites is 1. The number of fused-ring (bicyclic) bond motifs is 2. The molecular formula is C28H32ClN3O2. The maximum absolute atomic E-state index is 13.4. The molecule has 178 valence electrons. The lowest BCUT2D eigenvalue weighted by atomic mass is 9.74. The fourth-order valence-electron chi connectivity index (χ4n) is 5.77. The number of amides is 2. The molecule has 0 saturated carbocycles. The van der Waals surface area contributed by atoms with Crippen molar-refractivity contribution < 1.29 is 9.59 Å². The smallest absolute Gasteiger partial charge is 0.232 e. The molecular weight excluding hydrogens is 446 g/mol. The normalized spacial score (nSPS) is 21.3. The maximum Gasteiger partial charge on any atom is 0.232 e. The van der Waals surface area contributed by atoms with Gasteiger partial charge in [-0.2, -0.15) is 0 Å². The summed E-state index contributed by atoms with van der Waals surface area (Å²) in [7, 11) is 1.76. The van der Waals surface area contributed by atoms with Gasteiger partial charge in [-0.15, -0.1) is 0 Å². The first-order valence-electron chi connectivity index (χ1n) is 12.3. The van der Waals surface area contributed by atoms with Gasteiger partial charge in [0.1, 0.15) is 0 Å². The fourth-order valence-corrected chi connectivity index (χ4v) is 6.01. The zero-order chi connectivity index (χ0) is 23.7. The second kappa shape index (κ2) is 9.55. The van der Waals surface area contributed by atoms with Crippen LogP contribution in [0.5, 0.6) is 0 Å². The molecule has 5 rings (SSSR count). The van der Waals surface area contributed by atoms with Crippen molar-refractivity contribution >= 4 is 35.2 Å². The van der Waals surface area contributed by atoms with E-state index < -0.39 is 0 Å². The van der Waals surface area contributed by atoms with Crippen LogP contribution in [0.25, 0.3) is 6.08 Å². The van der Waals surface area contributed by atoms with E-state index in [0.717, 1.165) is 44.6 Å². The van der Waals surface area contributed by atoms with E-state index >= 15 is 0 Å². The lowest BCUT2D eigenvalue weighted by molar-refractivity contribution is -0.127. The quantitative estimate of drug-likeness (QED) is 0.610. The topological polar surface area (TPSA) is 43.9 Å². The lowest BCUT2D eigenvalue weighted by Gasteiger charge is -2.39. The molecule has 6 heteroatoms. The van der Waals surface area contributed by atoms with E-state index in [2.05, 4.69) is 41.3 Å². The number of piperidine rings is 1. The highest BCUT2D eigenvalue weighted by Crippen LogP contribution is 2.43. The Labute approximate surface area is 207 Å². The van der Waals surface area contributed by atoms with Gasteiger partial charge in [-0.25, -0.2) is 0 Å². The number of nitrogens with zero attached hydrogens (tertiary/aromatic N) is 3. The average Bonchev–Trinajstić information content (AvgIpc) is 3.38. The molecule has 1 atom stereocenters. The first kappa shape index (κ1) is 23.1. The molecule has 2 aromatic carbocycles. The Morgan fingerprint density at radius 3 is 2.59 bits per heavy atom. The Hall–Kier alpha value is -2.63. The molecule has 0 N–H and O–H groups in total. The van der Waals surface area contributed by atoms with Crippen molar-refractivity contribution in [1.29, 1.82) is 0 Å². The molecule has 2 aromatic rings. The van der Waals surface area contributed by atoms with Gasteiger partial charge in [-0.1, -0.05) is 60.2 Å². The number of carbonyl (C=O) groups is 2. The first-order chi connectivity index (χ1) is 16.5. The number of carbonyl (C=O) groups excluding carboxylic acids is 2. The summed E-state index contributed by atoms with van der Waals surface area (Å²) < 4.78 is 0. The number of allylic oxidation sites excluding steroid dienone is 1. The summed E-state index contributed by atoms with van der Waals surface area (Å²) >= 11 is 6.48. The number of benzene rings is 2. The van der Waals surface area contributed by atoms with Crippen molar-refractivity contribution in [2.75, 3.05) is 44.7 Å². The van der Waals surface area contributed by atoms with Crippen LogP contribution in [0.2, 0.25) is 5.02 Å². The summed E-state index contributed by atoms with van der Waals surface area (Å²) in [5.41, 5.74) is 3.76. The molecule has 2 heterocycles. The van der Waals surface area contributed by atoms with Crippen LogP contribution < -0.4 is 4.90 Å². The van der Waals surface area contributed by atoms with Crippen molar-refractivity contribution in [2.24, 2.45) is 5.92 Å². The number of likely N-dealkylation sites (tertiary alicyclic amines) is 2. The van der Waals surface area contributed by atoms with Gasteiger partial charge in [0.25, 0.3) is 0 Å². The SMILES string of the molecule is CN1CC(C(=O)N(CCCN2CCC3(C=Cc4ccccc43)CC2)c2ccccc2Cl)CC1=O. The summed E-state index contributed by atoms with van der Waals surface area (Å²) in [4.78, 5) is 31.4. The molecule has 0 radical (unpaired) electrons. The van der Waals surface area contributed by atoms with Crippen molar-refractivity contribution in [2.45, 2.75) is 31.1 Å². The third-order valence-corrected chi connectivity index (χ3v) is 8.10. The summed E-state index contributed by atoms with van der Waals surface area (Å²) in [5.74, 6) is -0.281. The van der Waals surface area contributed by atoms with Crippen LogP contribution >= 0.6 is 11.6 Å². The largest absolute Gasteiger partial charge is 0.345 e. The minimum Gasteiger partial charge on any atom is -0.345 e. The van der Waals surface area contributed by atoms with Gasteiger partial charge in [-0.05, 0) is 62.2 Å². The van der Waals surface area contributed by atoms with Crippen LogP contribution in [0.1, 0.15) is 36.8 Å². The molecule has 0 bridgehead atoms. The number of hydrogen-bond acceptors (Lipinski definition) is 3. The molecule has 34 heavy (non-hydrogen) atoms. The average molecular weight is 478 g/mol. The van der Waals surface area contributed by atoms with Crippen LogP contribution in [0.4, 0.5) is 5.69 Å². The monoisotopic (exact) mass is 477 g/mol. The Morgan fingerprint density at radius 1 is 1.12 bits per heavy atom. The predicted molar refractivity (Wildman–Crippen MR) is 137 cm³/mol. The molecule has 3 aliphatic rings. The van der Waals surface area contributed by atoms with Crippen LogP contribution in [0.3, 0.4) is 0 Å². The molecule has 1 unspecified atom stereocenters. The number of hydrogen-bond donors (Lipinski definition) is 0. The molecule has 2 aliphatic heterocycles. The van der Waals surface area contributed by atoms with Crippen LogP contribution in [-0.2, 0) is 15.0 Å². The van der Waals surface area contributed by atoms with E-state index in [0.29, 0.717) is 18.1 Å². The molecule has 0 aromatic heterocycles. The third kappa shape index (κ3) is 4.39. The lowest BCUT2D eigenvalue weighted by Crippen LogP contribution is -2.43. The van der Waals surface area contributed by atoms with E-state index in [1.165, 1.54) is 11.1 Å². The van der Waals surface area contributed by atoms with Gasteiger partial charge in [0, 0.05) is 32.0 Å². The zero-order valence-corrected chi connectivity index (χ0v) is 20.5. The fraction of sp³-hybridized carbons (Fsp3) is 0.429. The van der Waals surface area contributed by atoms with Crippen LogP contribution in [-0.4, -0.2) is 61.4 Å². The summed E-state index contributed by atoms with van der Waals surface area (Å²) in [6, 6.07) is 16.3. The maximum atomic E-state index is 13.4. The predicted octanol–water partition coefficient (Wildman–Crippen LogP) is 4.60. The van der Waals surface area contributed by atoms with Gasteiger partial charge in [0.05, 0.1) is 16.6 Å². The zero-order valence-electron chi connectivity index (χ0n) is 19.8. The molecule has 2 saturated heterocycles. The minimum atomic E-state index is -0.308. The van der Waals surface area contributed by atoms with Crippen LogP contribution in [0.15, 0.2) is 54.6 Å². The van der Waals surface area contributed by atoms with Crippen LogP contribution in [0, 0.1) is 5.92 Å². The summed E-state index contributed by atoms with van der Waals surface area (Å²) in [5, 5.41) is 0.570. The van der Waals surface area contributed by atoms with E-state index in [1.54, 1.807) is 16.8 Å². The Kier molecular flexibility index (Phi) is 6.50. The highest BCUT2D eigenvalue weighted by molar-refractivity contribution is 6.33. The van der Waals surface area contributed by atoms with E-state index in [9.17, 15) is 9.59 Å². The van der Waals surface area contributed by atoms with Crippen molar-refractivity contribution in [3.63, 3.8) is 0 Å². The Balaban J connectivity index is 1.21. The first-order valence-corrected chi connectivity index (χ1v) is 12.7. The Bertz CT molecular complexity index is 1110. The highest BCUT2D eigenvalue weighted by Gasteiger charge is 2.38.